The van der Waals surface area contributed by atoms with E-state index in [9.17, 15) is 18.0 Å². The Hall–Kier alpha value is -3.13. The molecule has 0 radical (unpaired) electrons. The highest BCUT2D eigenvalue weighted by atomic mass is 32.1. The number of alkyl halides is 3. The Morgan fingerprint density at radius 3 is 2.67 bits per heavy atom. The van der Waals surface area contributed by atoms with Crippen LogP contribution in [0.4, 0.5) is 13.2 Å². The van der Waals surface area contributed by atoms with Crippen molar-refractivity contribution in [2.75, 3.05) is 0 Å². The summed E-state index contributed by atoms with van der Waals surface area (Å²) in [4.78, 5) is 16.8. The molecule has 4 nitrogen and oxygen atoms in total. The second-order valence-corrected chi connectivity index (χ2v) is 6.54. The molecule has 2 aromatic heterocycles. The SMILES string of the molecule is O=C1OC(c2cccs2)=NC1=Cc1ccc(-c2cccc(C(F)(F)F)c2)o1. The van der Waals surface area contributed by atoms with Gasteiger partial charge < -0.3 is 9.15 Å². The van der Waals surface area contributed by atoms with Gasteiger partial charge in [-0.25, -0.2) is 9.79 Å². The van der Waals surface area contributed by atoms with E-state index < -0.39 is 17.7 Å². The molecule has 4 rings (SSSR count). The van der Waals surface area contributed by atoms with Gasteiger partial charge in [0.2, 0.25) is 5.90 Å². The van der Waals surface area contributed by atoms with Crippen molar-refractivity contribution in [3.8, 4) is 11.3 Å². The molecule has 0 saturated carbocycles. The third kappa shape index (κ3) is 3.56. The van der Waals surface area contributed by atoms with Crippen LogP contribution in [0.15, 0.2) is 69.0 Å². The number of thiophene rings is 1. The average molecular weight is 389 g/mol. The van der Waals surface area contributed by atoms with Gasteiger partial charge in [-0.2, -0.15) is 13.2 Å². The van der Waals surface area contributed by atoms with Crippen molar-refractivity contribution in [3.63, 3.8) is 0 Å². The second-order valence-electron chi connectivity index (χ2n) is 5.59. The minimum absolute atomic E-state index is 0.0587. The van der Waals surface area contributed by atoms with Crippen molar-refractivity contribution in [2.24, 2.45) is 4.99 Å². The molecule has 0 spiro atoms. The quantitative estimate of drug-likeness (QED) is 0.447. The fourth-order valence-corrected chi connectivity index (χ4v) is 3.13. The van der Waals surface area contributed by atoms with Crippen molar-refractivity contribution >= 4 is 29.3 Å². The van der Waals surface area contributed by atoms with Crippen LogP contribution in [0.5, 0.6) is 0 Å². The summed E-state index contributed by atoms with van der Waals surface area (Å²) in [7, 11) is 0. The first-order chi connectivity index (χ1) is 12.9. The van der Waals surface area contributed by atoms with Crippen LogP contribution in [0.2, 0.25) is 0 Å². The summed E-state index contributed by atoms with van der Waals surface area (Å²) in [6.07, 6.45) is -3.05. The molecular weight excluding hydrogens is 379 g/mol. The number of carbonyl (C=O) groups is 1. The van der Waals surface area contributed by atoms with Gasteiger partial charge in [-0.05, 0) is 35.7 Å². The van der Waals surface area contributed by atoms with Gasteiger partial charge in [-0.3, -0.25) is 0 Å². The van der Waals surface area contributed by atoms with Crippen molar-refractivity contribution in [2.45, 2.75) is 6.18 Å². The van der Waals surface area contributed by atoms with Crippen LogP contribution in [0.25, 0.3) is 17.4 Å². The van der Waals surface area contributed by atoms with Gasteiger partial charge in [0.15, 0.2) is 5.70 Å². The minimum Gasteiger partial charge on any atom is -0.457 e. The number of halogens is 3. The fourth-order valence-electron chi connectivity index (χ4n) is 2.48. The maximum Gasteiger partial charge on any atom is 0.416 e. The summed E-state index contributed by atoms with van der Waals surface area (Å²) in [6.45, 7) is 0. The Morgan fingerprint density at radius 1 is 1.07 bits per heavy atom. The highest BCUT2D eigenvalue weighted by Crippen LogP contribution is 2.33. The number of carbonyl (C=O) groups excluding carboxylic acids is 1. The normalized spacial score (nSPS) is 15.9. The monoisotopic (exact) mass is 389 g/mol. The number of hydrogen-bond donors (Lipinski definition) is 0. The number of rotatable bonds is 3. The number of furan rings is 1. The van der Waals surface area contributed by atoms with E-state index in [4.69, 9.17) is 9.15 Å². The summed E-state index contributed by atoms with van der Waals surface area (Å²) in [5, 5.41) is 1.83. The van der Waals surface area contributed by atoms with Gasteiger partial charge in [0, 0.05) is 11.6 Å². The van der Waals surface area contributed by atoms with Gasteiger partial charge >= 0.3 is 12.1 Å². The lowest BCUT2D eigenvalue weighted by Crippen LogP contribution is -2.04. The first-order valence-corrected chi connectivity index (χ1v) is 8.62. The maximum atomic E-state index is 12.9. The molecule has 3 aromatic rings. The predicted octanol–water partition coefficient (Wildman–Crippen LogP) is 5.37. The highest BCUT2D eigenvalue weighted by molar-refractivity contribution is 7.12. The number of aliphatic imine (C=N–C) groups is 1. The summed E-state index contributed by atoms with van der Waals surface area (Å²) in [5.41, 5.74) is -0.421. The zero-order chi connectivity index (χ0) is 19.0. The molecule has 27 heavy (non-hydrogen) atoms. The Morgan fingerprint density at radius 2 is 1.93 bits per heavy atom. The smallest absolute Gasteiger partial charge is 0.416 e. The number of hydrogen-bond acceptors (Lipinski definition) is 5. The topological polar surface area (TPSA) is 51.8 Å². The van der Waals surface area contributed by atoms with Crippen LogP contribution in [-0.2, 0) is 15.7 Å². The molecule has 1 aromatic carbocycles. The maximum absolute atomic E-state index is 12.9. The number of cyclic esters (lactones) is 1. The van der Waals surface area contributed by atoms with E-state index in [1.54, 1.807) is 12.1 Å². The first kappa shape index (κ1) is 17.3. The van der Waals surface area contributed by atoms with E-state index in [-0.39, 0.29) is 28.7 Å². The lowest BCUT2D eigenvalue weighted by Gasteiger charge is -2.07. The van der Waals surface area contributed by atoms with E-state index in [0.717, 1.165) is 17.0 Å². The molecule has 3 heterocycles. The van der Waals surface area contributed by atoms with Gasteiger partial charge in [0.1, 0.15) is 11.5 Å². The van der Waals surface area contributed by atoms with Crippen molar-refractivity contribution < 1.29 is 27.1 Å². The molecule has 0 N–H and O–H groups in total. The van der Waals surface area contributed by atoms with Crippen LogP contribution >= 0.6 is 11.3 Å². The van der Waals surface area contributed by atoms with Gasteiger partial charge in [-0.15, -0.1) is 11.3 Å². The zero-order valence-electron chi connectivity index (χ0n) is 13.5. The van der Waals surface area contributed by atoms with Gasteiger partial charge in [0.05, 0.1) is 10.4 Å². The molecule has 0 amide bonds. The van der Waals surface area contributed by atoms with Crippen LogP contribution in [-0.4, -0.2) is 11.9 Å². The van der Waals surface area contributed by atoms with Gasteiger partial charge in [-0.1, -0.05) is 18.2 Å². The lowest BCUT2D eigenvalue weighted by molar-refractivity contribution is -0.137. The van der Waals surface area contributed by atoms with Crippen LogP contribution < -0.4 is 0 Å². The summed E-state index contributed by atoms with van der Waals surface area (Å²) in [6, 6.07) is 11.5. The Kier molecular flexibility index (Phi) is 4.19. The van der Waals surface area contributed by atoms with E-state index in [2.05, 4.69) is 4.99 Å². The van der Waals surface area contributed by atoms with Crippen LogP contribution in [0.3, 0.4) is 0 Å². The molecule has 8 heteroatoms. The molecular formula is C19H10F3NO3S. The molecule has 1 aliphatic rings. The molecule has 1 aliphatic heterocycles. The highest BCUT2D eigenvalue weighted by Gasteiger charge is 2.30. The number of esters is 1. The summed E-state index contributed by atoms with van der Waals surface area (Å²) < 4.78 is 49.2. The van der Waals surface area contributed by atoms with Crippen molar-refractivity contribution in [1.82, 2.24) is 0 Å². The van der Waals surface area contributed by atoms with Crippen molar-refractivity contribution in [3.05, 3.63) is 75.8 Å². The van der Waals surface area contributed by atoms with Crippen molar-refractivity contribution in [1.29, 1.82) is 0 Å². The lowest BCUT2D eigenvalue weighted by atomic mass is 10.1. The fraction of sp³-hybridized carbons (Fsp3) is 0.0526. The molecule has 0 aliphatic carbocycles. The number of benzene rings is 1. The zero-order valence-corrected chi connectivity index (χ0v) is 14.3. The van der Waals surface area contributed by atoms with Crippen LogP contribution in [0, 0.1) is 0 Å². The Bertz CT molecular complexity index is 1060. The third-order valence-corrected chi connectivity index (χ3v) is 4.59. The van der Waals surface area contributed by atoms with Gasteiger partial charge in [0.25, 0.3) is 0 Å². The predicted molar refractivity (Wildman–Crippen MR) is 94.1 cm³/mol. The Labute approximate surface area is 155 Å². The number of nitrogens with zero attached hydrogens (tertiary/aromatic N) is 1. The molecule has 0 fully saturated rings. The van der Waals surface area contributed by atoms with E-state index >= 15 is 0 Å². The summed E-state index contributed by atoms with van der Waals surface area (Å²) >= 11 is 1.38. The average Bonchev–Trinajstić information content (AvgIpc) is 3.37. The minimum atomic E-state index is -4.44. The molecule has 0 atom stereocenters. The standard InChI is InChI=1S/C19H10F3NO3S/c20-19(21,22)12-4-1-3-11(9-12)15-7-6-13(25-15)10-14-18(24)26-17(23-14)16-5-2-8-27-16/h1-10H. The second kappa shape index (κ2) is 6.55. The molecule has 0 saturated heterocycles. The largest absolute Gasteiger partial charge is 0.457 e. The van der Waals surface area contributed by atoms with Crippen LogP contribution in [0.1, 0.15) is 16.2 Å². The van der Waals surface area contributed by atoms with E-state index in [0.29, 0.717) is 0 Å². The third-order valence-electron chi connectivity index (χ3n) is 3.73. The Balaban J connectivity index is 1.62. The first-order valence-electron chi connectivity index (χ1n) is 7.74. The molecule has 0 bridgehead atoms. The van der Waals surface area contributed by atoms with E-state index in [1.807, 2.05) is 11.4 Å². The molecule has 136 valence electrons. The van der Waals surface area contributed by atoms with E-state index in [1.165, 1.54) is 35.6 Å². The molecule has 0 unspecified atom stereocenters. The number of ether oxygens (including phenoxy) is 1. The summed E-state index contributed by atoms with van der Waals surface area (Å²) in [5.74, 6) is 0.133.